The Hall–Kier alpha value is -2.50. The van der Waals surface area contributed by atoms with Crippen molar-refractivity contribution in [1.29, 1.82) is 0 Å². The van der Waals surface area contributed by atoms with Gasteiger partial charge in [-0.2, -0.15) is 4.90 Å². The van der Waals surface area contributed by atoms with Gasteiger partial charge in [0.1, 0.15) is 18.4 Å². The maximum absolute atomic E-state index is 11.6. The number of aliphatic hydroxyl groups is 1. The molecule has 4 rings (SSSR count). The molecule has 1 aromatic heterocycles. The molecule has 1 aliphatic carbocycles. The zero-order valence-corrected chi connectivity index (χ0v) is 15.1. The van der Waals surface area contributed by atoms with Crippen molar-refractivity contribution in [3.05, 3.63) is 103 Å². The molecule has 1 unspecified atom stereocenters. The molecule has 0 saturated carbocycles. The summed E-state index contributed by atoms with van der Waals surface area (Å²) in [6, 6.07) is 11.6. The number of fused-ring (bicyclic) bond motifs is 1. The first kappa shape index (κ1) is 17.3. The van der Waals surface area contributed by atoms with Crippen molar-refractivity contribution < 1.29 is 26.7 Å². The fourth-order valence-corrected chi connectivity index (χ4v) is 3.14. The average Bonchev–Trinajstić information content (AvgIpc) is 2.89. The zero-order chi connectivity index (χ0) is 16.4. The Labute approximate surface area is 157 Å². The standard InChI is InChI=1S/C20H18N3O.BrH/c24-20(17-10-5-4-6-11-17)16-22-15-9-14-21-19(22)23(20)18-12-7-2-1-3-8-13-18;/h1-15,24H,16H2;1H/q+1;/p-1. The lowest BCUT2D eigenvalue weighted by molar-refractivity contribution is -0.685. The topological polar surface area (TPSA) is 40.2 Å². The first-order valence-electron chi connectivity index (χ1n) is 7.93. The lowest BCUT2D eigenvalue weighted by atomic mass is 10.0. The van der Waals surface area contributed by atoms with Crippen LogP contribution in [-0.4, -0.2) is 10.1 Å². The Morgan fingerprint density at radius 3 is 2.60 bits per heavy atom. The summed E-state index contributed by atoms with van der Waals surface area (Å²) in [5.41, 5.74) is 0.536. The van der Waals surface area contributed by atoms with Crippen LogP contribution < -0.4 is 26.4 Å². The van der Waals surface area contributed by atoms with Crippen LogP contribution in [0.25, 0.3) is 0 Å². The summed E-state index contributed by atoms with van der Waals surface area (Å²) in [4.78, 5) is 6.39. The molecule has 1 atom stereocenters. The lowest BCUT2D eigenvalue weighted by Crippen LogP contribution is -3.00. The van der Waals surface area contributed by atoms with Crippen LogP contribution in [0.2, 0.25) is 0 Å². The molecule has 2 aliphatic rings. The number of hydrogen-bond donors (Lipinski definition) is 1. The van der Waals surface area contributed by atoms with Crippen molar-refractivity contribution in [2.75, 3.05) is 4.90 Å². The molecule has 4 nitrogen and oxygen atoms in total. The van der Waals surface area contributed by atoms with Crippen LogP contribution in [0.15, 0.2) is 97.0 Å². The van der Waals surface area contributed by atoms with Crippen molar-refractivity contribution in [3.63, 3.8) is 0 Å². The molecule has 5 heteroatoms. The SMILES string of the molecule is OC1(c2ccccc2)C[n+]2cccnc2N1C1=CC=CC=CC=C1.[Br-]. The van der Waals surface area contributed by atoms with Gasteiger partial charge in [-0.1, -0.05) is 65.7 Å². The van der Waals surface area contributed by atoms with Gasteiger partial charge in [0.15, 0.2) is 0 Å². The Bertz CT molecular complexity index is 874. The smallest absolute Gasteiger partial charge is 0.401 e. The summed E-state index contributed by atoms with van der Waals surface area (Å²) < 4.78 is 1.97. The molecule has 2 heterocycles. The van der Waals surface area contributed by atoms with Crippen LogP contribution in [0.4, 0.5) is 5.95 Å². The molecule has 0 fully saturated rings. The highest BCUT2D eigenvalue weighted by atomic mass is 79.9. The van der Waals surface area contributed by atoms with E-state index in [9.17, 15) is 5.11 Å². The molecule has 2 aromatic rings. The van der Waals surface area contributed by atoms with Gasteiger partial charge in [0.05, 0.1) is 6.20 Å². The van der Waals surface area contributed by atoms with E-state index in [2.05, 4.69) is 4.98 Å². The third-order valence-electron chi connectivity index (χ3n) is 4.23. The second kappa shape index (κ2) is 7.17. The highest BCUT2D eigenvalue weighted by Gasteiger charge is 2.52. The van der Waals surface area contributed by atoms with Crippen LogP contribution in [0.1, 0.15) is 5.56 Å². The molecule has 0 radical (unpaired) electrons. The van der Waals surface area contributed by atoms with Gasteiger partial charge in [-0.15, -0.1) is 0 Å². The molecule has 126 valence electrons. The van der Waals surface area contributed by atoms with Crippen LogP contribution in [0.5, 0.6) is 0 Å². The number of anilines is 1. The van der Waals surface area contributed by atoms with Crippen molar-refractivity contribution >= 4 is 5.95 Å². The monoisotopic (exact) mass is 395 g/mol. The first-order valence-corrected chi connectivity index (χ1v) is 7.93. The van der Waals surface area contributed by atoms with E-state index in [1.807, 2.05) is 94.6 Å². The second-order valence-corrected chi connectivity index (χ2v) is 5.79. The van der Waals surface area contributed by atoms with E-state index in [-0.39, 0.29) is 17.0 Å². The summed E-state index contributed by atoms with van der Waals surface area (Å²) in [5.74, 6) is 0.720. The van der Waals surface area contributed by atoms with Gasteiger partial charge in [-0.25, -0.2) is 4.57 Å². The molecular weight excluding hydrogens is 378 g/mol. The third kappa shape index (κ3) is 3.08. The molecular formula is C20H18BrN3O. The highest BCUT2D eigenvalue weighted by Crippen LogP contribution is 2.37. The summed E-state index contributed by atoms with van der Waals surface area (Å²) >= 11 is 0. The van der Waals surface area contributed by atoms with Crippen molar-refractivity contribution in [1.82, 2.24) is 4.98 Å². The zero-order valence-electron chi connectivity index (χ0n) is 13.5. The van der Waals surface area contributed by atoms with Gasteiger partial charge in [-0.3, -0.25) is 0 Å². The van der Waals surface area contributed by atoms with Crippen molar-refractivity contribution in [3.8, 4) is 0 Å². The first-order chi connectivity index (χ1) is 11.8. The lowest BCUT2D eigenvalue weighted by Gasteiger charge is -2.28. The summed E-state index contributed by atoms with van der Waals surface area (Å²) in [6.45, 7) is 0.422. The minimum Gasteiger partial charge on any atom is -1.00 e. The highest BCUT2D eigenvalue weighted by molar-refractivity contribution is 5.51. The maximum atomic E-state index is 11.6. The molecule has 1 aromatic carbocycles. The van der Waals surface area contributed by atoms with Gasteiger partial charge in [0.25, 0.3) is 0 Å². The number of benzene rings is 1. The Kier molecular flexibility index (Phi) is 4.97. The van der Waals surface area contributed by atoms with E-state index in [0.717, 1.165) is 17.2 Å². The molecule has 0 bridgehead atoms. The van der Waals surface area contributed by atoms with Gasteiger partial charge in [0, 0.05) is 11.6 Å². The van der Waals surface area contributed by atoms with Crippen molar-refractivity contribution in [2.24, 2.45) is 0 Å². The molecule has 0 amide bonds. The van der Waals surface area contributed by atoms with Gasteiger partial charge in [-0.05, 0) is 12.2 Å². The van der Waals surface area contributed by atoms with Crippen LogP contribution in [-0.2, 0) is 12.3 Å². The minimum atomic E-state index is -1.18. The van der Waals surface area contributed by atoms with E-state index in [4.69, 9.17) is 0 Å². The van der Waals surface area contributed by atoms with Crippen LogP contribution in [0.3, 0.4) is 0 Å². The predicted molar refractivity (Wildman–Crippen MR) is 92.8 cm³/mol. The second-order valence-electron chi connectivity index (χ2n) is 5.79. The van der Waals surface area contributed by atoms with E-state index in [1.165, 1.54) is 0 Å². The molecule has 25 heavy (non-hydrogen) atoms. The van der Waals surface area contributed by atoms with Gasteiger partial charge >= 0.3 is 5.95 Å². The van der Waals surface area contributed by atoms with Crippen LogP contribution >= 0.6 is 0 Å². The summed E-state index contributed by atoms with van der Waals surface area (Å²) in [5, 5.41) is 11.6. The number of nitrogens with zero attached hydrogens (tertiary/aromatic N) is 3. The summed E-state index contributed by atoms with van der Waals surface area (Å²) in [6.07, 6.45) is 17.5. The predicted octanol–water partition coefficient (Wildman–Crippen LogP) is -0.395. The summed E-state index contributed by atoms with van der Waals surface area (Å²) in [7, 11) is 0. The number of halogens is 1. The third-order valence-corrected chi connectivity index (χ3v) is 4.23. The molecule has 0 saturated heterocycles. The molecule has 0 spiro atoms. The molecule has 1 aliphatic heterocycles. The molecule has 1 N–H and O–H groups in total. The fourth-order valence-electron chi connectivity index (χ4n) is 3.14. The quantitative estimate of drug-likeness (QED) is 0.703. The maximum Gasteiger partial charge on any atom is 0.401 e. The average molecular weight is 396 g/mol. The van der Waals surface area contributed by atoms with Gasteiger partial charge in [0.2, 0.25) is 5.72 Å². The number of allylic oxidation sites excluding steroid dienone is 7. The Morgan fingerprint density at radius 2 is 1.76 bits per heavy atom. The fraction of sp³-hybridized carbons (Fsp3) is 0.100. The van der Waals surface area contributed by atoms with Gasteiger partial charge < -0.3 is 22.1 Å². The van der Waals surface area contributed by atoms with E-state index in [0.29, 0.717) is 6.54 Å². The largest absolute Gasteiger partial charge is 1.00 e. The van der Waals surface area contributed by atoms with E-state index < -0.39 is 5.72 Å². The van der Waals surface area contributed by atoms with E-state index in [1.54, 1.807) is 6.20 Å². The number of aromatic nitrogens is 2. The van der Waals surface area contributed by atoms with E-state index >= 15 is 0 Å². The Morgan fingerprint density at radius 1 is 1.00 bits per heavy atom. The minimum absolute atomic E-state index is 0. The number of rotatable bonds is 2. The van der Waals surface area contributed by atoms with Crippen molar-refractivity contribution in [2.45, 2.75) is 12.3 Å². The normalized spacial score (nSPS) is 21.2. The Balaban J connectivity index is 0.00000182. The van der Waals surface area contributed by atoms with Crippen LogP contribution in [0, 0.1) is 0 Å². The number of hydrogen-bond acceptors (Lipinski definition) is 3.